The van der Waals surface area contributed by atoms with Crippen molar-refractivity contribution in [2.24, 2.45) is 0 Å². The van der Waals surface area contributed by atoms with Crippen molar-refractivity contribution in [3.63, 3.8) is 0 Å². The molecule has 1 aromatic rings. The molecule has 1 aliphatic rings. The van der Waals surface area contributed by atoms with E-state index in [0.717, 1.165) is 24.1 Å². The molecule has 112 valence electrons. The normalized spacial score (nSPS) is 16.0. The second kappa shape index (κ2) is 6.61. The molecule has 0 N–H and O–H groups in total. The predicted octanol–water partition coefficient (Wildman–Crippen LogP) is 4.61. The molecule has 0 bridgehead atoms. The number of rotatable bonds is 2. The van der Waals surface area contributed by atoms with Crippen LogP contribution in [0.5, 0.6) is 0 Å². The van der Waals surface area contributed by atoms with Gasteiger partial charge in [0.15, 0.2) is 0 Å². The van der Waals surface area contributed by atoms with Gasteiger partial charge < -0.3 is 4.74 Å². The van der Waals surface area contributed by atoms with Gasteiger partial charge in [-0.2, -0.15) is 0 Å². The third kappa shape index (κ3) is 4.78. The van der Waals surface area contributed by atoms with Crippen LogP contribution in [0, 0.1) is 0 Å². The van der Waals surface area contributed by atoms with Crippen LogP contribution in [-0.2, 0) is 4.74 Å². The standard InChI is InChI=1S/C18H23NO2/c1-18(2,3)21-17(20)19-14-8-7-11-16(19)13-12-15-9-5-4-6-10-15/h4-6,9-13H,7-8,14H2,1-3H3/b13-12+. The van der Waals surface area contributed by atoms with Gasteiger partial charge in [-0.25, -0.2) is 4.79 Å². The van der Waals surface area contributed by atoms with Gasteiger partial charge >= 0.3 is 6.09 Å². The monoisotopic (exact) mass is 285 g/mol. The van der Waals surface area contributed by atoms with Crippen LogP contribution in [0.3, 0.4) is 0 Å². The molecule has 1 aliphatic heterocycles. The molecule has 0 atom stereocenters. The molecule has 3 heteroatoms. The summed E-state index contributed by atoms with van der Waals surface area (Å²) in [5, 5.41) is 0. The van der Waals surface area contributed by atoms with Crippen molar-refractivity contribution in [1.82, 2.24) is 4.90 Å². The molecule has 3 nitrogen and oxygen atoms in total. The van der Waals surface area contributed by atoms with E-state index in [9.17, 15) is 4.79 Å². The van der Waals surface area contributed by atoms with Crippen molar-refractivity contribution >= 4 is 12.2 Å². The Kier molecular flexibility index (Phi) is 4.84. The van der Waals surface area contributed by atoms with E-state index in [2.05, 4.69) is 6.08 Å². The lowest BCUT2D eigenvalue weighted by molar-refractivity contribution is 0.0311. The van der Waals surface area contributed by atoms with E-state index in [1.54, 1.807) is 4.90 Å². The van der Waals surface area contributed by atoms with E-state index < -0.39 is 5.60 Å². The third-order valence-electron chi connectivity index (χ3n) is 3.11. The smallest absolute Gasteiger partial charge is 0.414 e. The van der Waals surface area contributed by atoms with E-state index >= 15 is 0 Å². The quantitative estimate of drug-likeness (QED) is 0.794. The zero-order chi connectivity index (χ0) is 15.3. The number of carbonyl (C=O) groups excluding carboxylic acids is 1. The Balaban J connectivity index is 2.11. The van der Waals surface area contributed by atoms with Gasteiger partial charge in [0.2, 0.25) is 0 Å². The summed E-state index contributed by atoms with van der Waals surface area (Å²) in [6.45, 7) is 6.37. The maximum Gasteiger partial charge on any atom is 0.414 e. The lowest BCUT2D eigenvalue weighted by Crippen LogP contribution is -2.37. The Morgan fingerprint density at radius 3 is 2.57 bits per heavy atom. The maximum absolute atomic E-state index is 12.3. The predicted molar refractivity (Wildman–Crippen MR) is 85.7 cm³/mol. The molecule has 1 heterocycles. The summed E-state index contributed by atoms with van der Waals surface area (Å²) >= 11 is 0. The minimum atomic E-state index is -0.469. The first-order valence-corrected chi connectivity index (χ1v) is 7.39. The second-order valence-electron chi connectivity index (χ2n) is 6.15. The Hall–Kier alpha value is -2.03. The minimum absolute atomic E-state index is 0.272. The van der Waals surface area contributed by atoms with Crippen LogP contribution in [0.1, 0.15) is 39.2 Å². The van der Waals surface area contributed by atoms with Gasteiger partial charge in [-0.3, -0.25) is 4.90 Å². The highest BCUT2D eigenvalue weighted by Gasteiger charge is 2.24. The number of hydrogen-bond donors (Lipinski definition) is 0. The van der Waals surface area contributed by atoms with Crippen LogP contribution >= 0.6 is 0 Å². The number of amides is 1. The van der Waals surface area contributed by atoms with Crippen LogP contribution in [0.15, 0.2) is 48.2 Å². The summed E-state index contributed by atoms with van der Waals surface area (Å²) in [6, 6.07) is 10.1. The molecule has 0 fully saturated rings. The van der Waals surface area contributed by atoms with Crippen molar-refractivity contribution in [2.75, 3.05) is 6.54 Å². The fourth-order valence-corrected chi connectivity index (χ4v) is 2.16. The van der Waals surface area contributed by atoms with Gasteiger partial charge in [0.25, 0.3) is 0 Å². The zero-order valence-electron chi connectivity index (χ0n) is 13.0. The largest absolute Gasteiger partial charge is 0.443 e. The van der Waals surface area contributed by atoms with E-state index in [1.807, 2.05) is 63.3 Å². The molecule has 2 rings (SSSR count). The van der Waals surface area contributed by atoms with Crippen molar-refractivity contribution in [3.05, 3.63) is 53.7 Å². The van der Waals surface area contributed by atoms with Crippen molar-refractivity contribution < 1.29 is 9.53 Å². The summed E-state index contributed by atoms with van der Waals surface area (Å²) in [5.41, 5.74) is 1.57. The Labute approximate surface area is 126 Å². The minimum Gasteiger partial charge on any atom is -0.443 e. The molecule has 1 amide bonds. The molecule has 0 saturated carbocycles. The number of allylic oxidation sites excluding steroid dienone is 2. The highest BCUT2D eigenvalue weighted by atomic mass is 16.6. The van der Waals surface area contributed by atoms with Crippen LogP contribution < -0.4 is 0 Å². The van der Waals surface area contributed by atoms with Gasteiger partial charge in [-0.1, -0.05) is 42.5 Å². The molecule has 0 aromatic heterocycles. The molecule has 0 unspecified atom stereocenters. The number of benzene rings is 1. The number of ether oxygens (including phenoxy) is 1. The first kappa shape index (κ1) is 15.4. The number of carbonyl (C=O) groups is 1. The van der Waals surface area contributed by atoms with Crippen molar-refractivity contribution in [1.29, 1.82) is 0 Å². The Morgan fingerprint density at radius 2 is 1.90 bits per heavy atom. The molecule has 0 radical (unpaired) electrons. The summed E-state index contributed by atoms with van der Waals surface area (Å²) < 4.78 is 5.47. The van der Waals surface area contributed by atoms with Crippen molar-refractivity contribution in [2.45, 2.75) is 39.2 Å². The lowest BCUT2D eigenvalue weighted by atomic mass is 10.1. The molecule has 21 heavy (non-hydrogen) atoms. The zero-order valence-corrected chi connectivity index (χ0v) is 13.0. The van der Waals surface area contributed by atoms with Gasteiger partial charge in [-0.15, -0.1) is 0 Å². The molecule has 1 aromatic carbocycles. The lowest BCUT2D eigenvalue weighted by Gasteiger charge is -2.30. The molecule has 0 aliphatic carbocycles. The molecule has 0 saturated heterocycles. The van der Waals surface area contributed by atoms with Crippen LogP contribution in [0.4, 0.5) is 4.79 Å². The SMILES string of the molecule is CC(C)(C)OC(=O)N1CCCC=C1/C=C/c1ccccc1. The van der Waals surface area contributed by atoms with E-state index in [-0.39, 0.29) is 6.09 Å². The summed E-state index contributed by atoms with van der Waals surface area (Å²) in [7, 11) is 0. The second-order valence-corrected chi connectivity index (χ2v) is 6.15. The van der Waals surface area contributed by atoms with E-state index in [4.69, 9.17) is 4.74 Å². The van der Waals surface area contributed by atoms with Gasteiger partial charge in [0.05, 0.1) is 0 Å². The fourth-order valence-electron chi connectivity index (χ4n) is 2.16. The average Bonchev–Trinajstić information content (AvgIpc) is 2.45. The maximum atomic E-state index is 12.3. The average molecular weight is 285 g/mol. The first-order valence-electron chi connectivity index (χ1n) is 7.39. The topological polar surface area (TPSA) is 29.5 Å². The molecular weight excluding hydrogens is 262 g/mol. The van der Waals surface area contributed by atoms with E-state index in [1.165, 1.54) is 0 Å². The molecular formula is C18H23NO2. The van der Waals surface area contributed by atoms with Gasteiger partial charge in [-0.05, 0) is 45.3 Å². The Morgan fingerprint density at radius 1 is 1.19 bits per heavy atom. The van der Waals surface area contributed by atoms with Crippen LogP contribution in [-0.4, -0.2) is 23.1 Å². The van der Waals surface area contributed by atoms with E-state index in [0.29, 0.717) is 6.54 Å². The first-order chi connectivity index (χ1) is 9.96. The van der Waals surface area contributed by atoms with Gasteiger partial charge in [0, 0.05) is 12.2 Å². The Bertz CT molecular complexity index is 538. The fraction of sp³-hybridized carbons (Fsp3) is 0.389. The summed E-state index contributed by atoms with van der Waals surface area (Å²) in [6.07, 6.45) is 7.79. The number of hydrogen-bond acceptors (Lipinski definition) is 2. The highest BCUT2D eigenvalue weighted by Crippen LogP contribution is 2.20. The molecule has 0 spiro atoms. The van der Waals surface area contributed by atoms with Gasteiger partial charge in [0.1, 0.15) is 5.60 Å². The number of nitrogens with zero attached hydrogens (tertiary/aromatic N) is 1. The highest BCUT2D eigenvalue weighted by molar-refractivity contribution is 5.72. The third-order valence-corrected chi connectivity index (χ3v) is 3.11. The van der Waals surface area contributed by atoms with Crippen LogP contribution in [0.2, 0.25) is 0 Å². The van der Waals surface area contributed by atoms with Crippen LogP contribution in [0.25, 0.3) is 6.08 Å². The summed E-state index contributed by atoms with van der Waals surface area (Å²) in [5.74, 6) is 0. The summed E-state index contributed by atoms with van der Waals surface area (Å²) in [4.78, 5) is 14.0. The van der Waals surface area contributed by atoms with Crippen molar-refractivity contribution in [3.8, 4) is 0 Å².